The first-order valence-corrected chi connectivity index (χ1v) is 4.55. The van der Waals surface area contributed by atoms with E-state index in [2.05, 4.69) is 32.3 Å². The molecule has 0 spiro atoms. The highest BCUT2D eigenvalue weighted by molar-refractivity contribution is 9.21. The number of hydrogen-bond acceptors (Lipinski definition) is 3. The molecule has 0 saturated heterocycles. The zero-order chi connectivity index (χ0) is 8.85. The molecule has 6 heteroatoms. The van der Waals surface area contributed by atoms with Gasteiger partial charge in [-0.15, -0.1) is 0 Å². The van der Waals surface area contributed by atoms with Gasteiger partial charge in [0.25, 0.3) is 0 Å². The van der Waals surface area contributed by atoms with Crippen molar-refractivity contribution >= 4 is 38.3 Å². The molecule has 0 aromatic heterocycles. The number of nitrogens with zero attached hydrogens (tertiary/aromatic N) is 1. The quantitative estimate of drug-likeness (QED) is 0.744. The van der Waals surface area contributed by atoms with E-state index in [0.29, 0.717) is 19.4 Å². The Morgan fingerprint density at radius 1 is 1.64 bits per heavy atom. The van der Waals surface area contributed by atoms with Gasteiger partial charge in [0, 0.05) is 32.3 Å². The molecule has 0 aliphatic rings. The van der Waals surface area contributed by atoms with Crippen LogP contribution in [-0.4, -0.2) is 26.6 Å². The molecule has 11 heavy (non-hydrogen) atoms. The van der Waals surface area contributed by atoms with Crippen LogP contribution in [0.1, 0.15) is 12.8 Å². The maximum atomic E-state index is 10.5. The lowest BCUT2D eigenvalue weighted by atomic mass is 10.2. The molecule has 0 rings (SSSR count). The zero-order valence-electron chi connectivity index (χ0n) is 5.83. The summed E-state index contributed by atoms with van der Waals surface area (Å²) in [5, 5.41) is 8.63. The molecular weight excluding hydrogens is 280 g/mol. The van der Waals surface area contributed by atoms with Crippen molar-refractivity contribution in [2.75, 3.05) is 6.54 Å². The Kier molecular flexibility index (Phi) is 6.12. The first-order chi connectivity index (χ1) is 5.09. The summed E-state index contributed by atoms with van der Waals surface area (Å²) < 4.78 is 1.32. The van der Waals surface area contributed by atoms with E-state index >= 15 is 0 Å². The number of carboxylic acids is 1. The van der Waals surface area contributed by atoms with E-state index in [-0.39, 0.29) is 0 Å². The lowest BCUT2D eigenvalue weighted by Crippen LogP contribution is -2.29. The zero-order valence-corrected chi connectivity index (χ0v) is 9.01. The van der Waals surface area contributed by atoms with Crippen LogP contribution in [0.15, 0.2) is 0 Å². The summed E-state index contributed by atoms with van der Waals surface area (Å²) in [7, 11) is 0. The summed E-state index contributed by atoms with van der Waals surface area (Å²) in [6.07, 6.45) is 1.23. The summed E-state index contributed by atoms with van der Waals surface area (Å²) in [6, 6.07) is -0.557. The standard InChI is InChI=1S/C5H10Br2N2O2/c6-9(7)4(5(10)11)2-1-3-8/h4H,1-3,8H2,(H,10,11)/t4-/m0/s1. The smallest absolute Gasteiger partial charge is 0.322 e. The van der Waals surface area contributed by atoms with Gasteiger partial charge >= 0.3 is 5.97 Å². The maximum absolute atomic E-state index is 10.5. The van der Waals surface area contributed by atoms with Gasteiger partial charge in [-0.1, -0.05) is 0 Å². The van der Waals surface area contributed by atoms with E-state index in [1.54, 1.807) is 0 Å². The second kappa shape index (κ2) is 5.93. The molecule has 0 aromatic rings. The number of carboxylic acid groups (broad SMARTS) is 1. The second-order valence-electron chi connectivity index (χ2n) is 2.04. The largest absolute Gasteiger partial charge is 0.480 e. The number of rotatable bonds is 5. The van der Waals surface area contributed by atoms with E-state index in [0.717, 1.165) is 0 Å². The Balaban J connectivity index is 3.80. The number of aliphatic carboxylic acids is 1. The molecule has 66 valence electrons. The predicted molar refractivity (Wildman–Crippen MR) is 49.4 cm³/mol. The number of nitrogens with two attached hydrogens (primary N) is 1. The van der Waals surface area contributed by atoms with Crippen molar-refractivity contribution in [2.24, 2.45) is 5.73 Å². The molecule has 0 bridgehead atoms. The summed E-state index contributed by atoms with van der Waals surface area (Å²) in [5.41, 5.74) is 5.24. The fraction of sp³-hybridized carbons (Fsp3) is 0.800. The molecule has 0 radical (unpaired) electrons. The lowest BCUT2D eigenvalue weighted by Gasteiger charge is -2.14. The van der Waals surface area contributed by atoms with Gasteiger partial charge in [0.2, 0.25) is 0 Å². The fourth-order valence-corrected chi connectivity index (χ4v) is 1.38. The molecule has 0 fully saturated rings. The van der Waals surface area contributed by atoms with Gasteiger partial charge in [-0.25, -0.2) is 0 Å². The average molecular weight is 290 g/mol. The minimum absolute atomic E-state index is 0.512. The molecule has 0 heterocycles. The average Bonchev–Trinajstić information content (AvgIpc) is 1.87. The Morgan fingerprint density at radius 2 is 2.18 bits per heavy atom. The highest BCUT2D eigenvalue weighted by Crippen LogP contribution is 2.16. The van der Waals surface area contributed by atoms with Crippen molar-refractivity contribution in [3.63, 3.8) is 0 Å². The van der Waals surface area contributed by atoms with E-state index in [4.69, 9.17) is 10.8 Å². The second-order valence-corrected chi connectivity index (χ2v) is 4.52. The molecule has 0 aromatic carbocycles. The van der Waals surface area contributed by atoms with E-state index in [9.17, 15) is 4.79 Å². The fourth-order valence-electron chi connectivity index (χ4n) is 0.616. The van der Waals surface area contributed by atoms with Crippen molar-refractivity contribution in [1.29, 1.82) is 0 Å². The van der Waals surface area contributed by atoms with Crippen LogP contribution in [0.2, 0.25) is 0 Å². The molecular formula is C5H10Br2N2O2. The normalized spacial score (nSPS) is 13.5. The Labute approximate surface area is 82.4 Å². The van der Waals surface area contributed by atoms with Gasteiger partial charge in [-0.3, -0.25) is 4.79 Å². The third-order valence-corrected chi connectivity index (χ3v) is 2.19. The Bertz CT molecular complexity index is 132. The molecule has 0 aliphatic heterocycles. The van der Waals surface area contributed by atoms with Crippen LogP contribution in [0.5, 0.6) is 0 Å². The third-order valence-electron chi connectivity index (χ3n) is 1.20. The summed E-state index contributed by atoms with van der Waals surface area (Å²) in [4.78, 5) is 10.5. The number of hydrogen-bond donors (Lipinski definition) is 2. The molecule has 0 aliphatic carbocycles. The Hall–Kier alpha value is 0.350. The van der Waals surface area contributed by atoms with E-state index < -0.39 is 12.0 Å². The van der Waals surface area contributed by atoms with Crippen LogP contribution in [-0.2, 0) is 4.79 Å². The number of halogens is 2. The van der Waals surface area contributed by atoms with Gasteiger partial charge in [-0.2, -0.15) is 2.95 Å². The minimum atomic E-state index is -0.868. The predicted octanol–water partition coefficient (Wildman–Crippen LogP) is 1.10. The lowest BCUT2D eigenvalue weighted by molar-refractivity contribution is -0.140. The van der Waals surface area contributed by atoms with Crippen molar-refractivity contribution < 1.29 is 9.90 Å². The van der Waals surface area contributed by atoms with Gasteiger partial charge in [0.15, 0.2) is 0 Å². The molecule has 3 N–H and O–H groups in total. The first kappa shape index (κ1) is 11.4. The van der Waals surface area contributed by atoms with Crippen LogP contribution >= 0.6 is 32.3 Å². The SMILES string of the molecule is NCCC[C@@H](C(=O)O)N(Br)Br. The highest BCUT2D eigenvalue weighted by atomic mass is 79.9. The number of carbonyl (C=O) groups is 1. The molecule has 4 nitrogen and oxygen atoms in total. The van der Waals surface area contributed by atoms with Gasteiger partial charge in [0.1, 0.15) is 6.04 Å². The van der Waals surface area contributed by atoms with Crippen molar-refractivity contribution in [3.8, 4) is 0 Å². The van der Waals surface area contributed by atoms with Crippen LogP contribution in [0.3, 0.4) is 0 Å². The van der Waals surface area contributed by atoms with Gasteiger partial charge in [0.05, 0.1) is 0 Å². The minimum Gasteiger partial charge on any atom is -0.480 e. The summed E-state index contributed by atoms with van der Waals surface area (Å²) in [5.74, 6) is -0.868. The monoisotopic (exact) mass is 288 g/mol. The highest BCUT2D eigenvalue weighted by Gasteiger charge is 2.21. The topological polar surface area (TPSA) is 66.6 Å². The van der Waals surface area contributed by atoms with Crippen LogP contribution in [0.25, 0.3) is 0 Å². The molecule has 0 unspecified atom stereocenters. The molecule has 0 saturated carbocycles. The van der Waals surface area contributed by atoms with Crippen molar-refractivity contribution in [3.05, 3.63) is 0 Å². The molecule has 0 amide bonds. The summed E-state index contributed by atoms with van der Waals surface area (Å²) >= 11 is 6.00. The van der Waals surface area contributed by atoms with Crippen molar-refractivity contribution in [2.45, 2.75) is 18.9 Å². The van der Waals surface area contributed by atoms with E-state index in [1.807, 2.05) is 0 Å². The van der Waals surface area contributed by atoms with Crippen molar-refractivity contribution in [1.82, 2.24) is 2.95 Å². The first-order valence-electron chi connectivity index (χ1n) is 3.13. The Morgan fingerprint density at radius 3 is 2.45 bits per heavy atom. The van der Waals surface area contributed by atoms with E-state index in [1.165, 1.54) is 2.95 Å². The maximum Gasteiger partial charge on any atom is 0.322 e. The third kappa shape index (κ3) is 4.73. The van der Waals surface area contributed by atoms with Gasteiger partial charge < -0.3 is 10.8 Å². The van der Waals surface area contributed by atoms with Gasteiger partial charge in [-0.05, 0) is 19.4 Å². The summed E-state index contributed by atoms with van der Waals surface area (Å²) in [6.45, 7) is 0.512. The van der Waals surface area contributed by atoms with Crippen LogP contribution in [0, 0.1) is 0 Å². The van der Waals surface area contributed by atoms with Crippen LogP contribution < -0.4 is 5.73 Å². The molecule has 1 atom stereocenters. The van der Waals surface area contributed by atoms with Crippen LogP contribution in [0.4, 0.5) is 0 Å².